The first kappa shape index (κ1) is 18.5. The van der Waals surface area contributed by atoms with Crippen molar-refractivity contribution in [2.75, 3.05) is 13.7 Å². The summed E-state index contributed by atoms with van der Waals surface area (Å²) in [5, 5.41) is 20.9. The van der Waals surface area contributed by atoms with Gasteiger partial charge in [-0.1, -0.05) is 30.7 Å². The Hall–Kier alpha value is -2.83. The van der Waals surface area contributed by atoms with Crippen LogP contribution in [0.2, 0.25) is 0 Å². The summed E-state index contributed by atoms with van der Waals surface area (Å²) in [5.41, 5.74) is -0.365. The summed E-state index contributed by atoms with van der Waals surface area (Å²) in [5.74, 6) is -0.178. The zero-order valence-corrected chi connectivity index (χ0v) is 14.2. The second-order valence-corrected chi connectivity index (χ2v) is 6.08. The van der Waals surface area contributed by atoms with Crippen molar-refractivity contribution in [1.29, 1.82) is 0 Å². The second-order valence-electron chi connectivity index (χ2n) is 6.08. The van der Waals surface area contributed by atoms with Crippen LogP contribution in [0.4, 0.5) is 0 Å². The first-order chi connectivity index (χ1) is 11.9. The van der Waals surface area contributed by atoms with Crippen LogP contribution in [0, 0.1) is 10.1 Å². The zero-order chi connectivity index (χ0) is 18.4. The van der Waals surface area contributed by atoms with Crippen molar-refractivity contribution in [3.05, 3.63) is 52.1 Å². The Morgan fingerprint density at radius 2 is 1.88 bits per heavy atom. The van der Waals surface area contributed by atoms with Crippen LogP contribution >= 0.6 is 0 Å². The number of carboxylic acids is 1. The summed E-state index contributed by atoms with van der Waals surface area (Å²) in [6, 6.07) is 11.2. The number of unbranched alkanes of at least 4 members (excludes halogenated alkanes) is 1. The van der Waals surface area contributed by atoms with Crippen molar-refractivity contribution in [3.8, 4) is 5.75 Å². The molecule has 134 valence electrons. The molecule has 0 aromatic heterocycles. The minimum absolute atomic E-state index is 0.0276. The Bertz CT molecular complexity index is 775. The Balaban J connectivity index is 2.19. The monoisotopic (exact) mass is 347 g/mol. The van der Waals surface area contributed by atoms with Gasteiger partial charge in [0, 0.05) is 0 Å². The van der Waals surface area contributed by atoms with E-state index >= 15 is 0 Å². The van der Waals surface area contributed by atoms with Crippen LogP contribution in [0.5, 0.6) is 5.75 Å². The van der Waals surface area contributed by atoms with Crippen LogP contribution in [-0.4, -0.2) is 29.9 Å². The fourth-order valence-corrected chi connectivity index (χ4v) is 2.79. The highest BCUT2D eigenvalue weighted by Crippen LogP contribution is 2.33. The van der Waals surface area contributed by atoms with Gasteiger partial charge in [-0.15, -0.1) is 10.1 Å². The van der Waals surface area contributed by atoms with Gasteiger partial charge in [0.15, 0.2) is 0 Å². The van der Waals surface area contributed by atoms with E-state index in [0.717, 1.165) is 16.5 Å². The number of nitrogens with zero attached hydrogens (tertiary/aromatic N) is 1. The molecular formula is C18H21NO6. The fourth-order valence-electron chi connectivity index (χ4n) is 2.79. The van der Waals surface area contributed by atoms with Gasteiger partial charge in [0.2, 0.25) is 0 Å². The average Bonchev–Trinajstić information content (AvgIpc) is 2.59. The molecule has 0 radical (unpaired) electrons. The lowest BCUT2D eigenvalue weighted by Crippen LogP contribution is -2.32. The Kier molecular flexibility index (Phi) is 5.80. The van der Waals surface area contributed by atoms with E-state index in [0.29, 0.717) is 24.8 Å². The predicted octanol–water partition coefficient (Wildman–Crippen LogP) is 3.57. The molecule has 0 fully saturated rings. The molecule has 0 heterocycles. The average molecular weight is 347 g/mol. The van der Waals surface area contributed by atoms with E-state index in [9.17, 15) is 20.0 Å². The molecule has 2 aromatic carbocycles. The highest BCUT2D eigenvalue weighted by atomic mass is 16.9. The summed E-state index contributed by atoms with van der Waals surface area (Å²) in [4.78, 5) is 26.3. The molecule has 0 amide bonds. The van der Waals surface area contributed by atoms with E-state index in [1.807, 2.05) is 36.4 Å². The number of carboxylic acid groups (broad SMARTS) is 1. The van der Waals surface area contributed by atoms with Gasteiger partial charge in [0.05, 0.1) is 19.1 Å². The maximum absolute atomic E-state index is 11.9. The van der Waals surface area contributed by atoms with E-state index in [1.54, 1.807) is 14.0 Å². The van der Waals surface area contributed by atoms with Crippen LogP contribution in [0.15, 0.2) is 36.4 Å². The predicted molar refractivity (Wildman–Crippen MR) is 92.3 cm³/mol. The molecule has 0 saturated carbocycles. The highest BCUT2D eigenvalue weighted by Gasteiger charge is 2.34. The van der Waals surface area contributed by atoms with Gasteiger partial charge in [0.1, 0.15) is 5.75 Å². The molecule has 0 aliphatic carbocycles. The molecule has 0 spiro atoms. The lowest BCUT2D eigenvalue weighted by molar-refractivity contribution is -0.757. The number of hydrogen-bond acceptors (Lipinski definition) is 5. The van der Waals surface area contributed by atoms with Gasteiger partial charge < -0.3 is 14.7 Å². The van der Waals surface area contributed by atoms with Crippen molar-refractivity contribution in [1.82, 2.24) is 0 Å². The Labute approximate surface area is 145 Å². The normalized spacial score (nSPS) is 13.2. The maximum atomic E-state index is 11.9. The quantitative estimate of drug-likeness (QED) is 0.423. The smallest absolute Gasteiger partial charge is 0.313 e. The maximum Gasteiger partial charge on any atom is 0.313 e. The summed E-state index contributed by atoms with van der Waals surface area (Å²) >= 11 is 0. The summed E-state index contributed by atoms with van der Waals surface area (Å²) in [6.07, 6.45) is 1.30. The molecule has 2 aromatic rings. The minimum atomic E-state index is -1.07. The van der Waals surface area contributed by atoms with Crippen molar-refractivity contribution >= 4 is 16.7 Å². The molecule has 7 heteroatoms. The number of rotatable bonds is 9. The molecule has 0 aliphatic rings. The van der Waals surface area contributed by atoms with Crippen molar-refractivity contribution in [2.24, 2.45) is 0 Å². The van der Waals surface area contributed by atoms with Gasteiger partial charge in [-0.25, -0.2) is 0 Å². The van der Waals surface area contributed by atoms with Gasteiger partial charge >= 0.3 is 5.97 Å². The van der Waals surface area contributed by atoms with Gasteiger partial charge in [-0.3, -0.25) is 4.79 Å². The lowest BCUT2D eigenvalue weighted by Gasteiger charge is -2.26. The number of hydrogen-bond donors (Lipinski definition) is 1. The zero-order valence-electron chi connectivity index (χ0n) is 14.2. The number of methoxy groups -OCH3 is 1. The lowest BCUT2D eigenvalue weighted by atomic mass is 9.77. The van der Waals surface area contributed by atoms with E-state index in [4.69, 9.17) is 4.74 Å². The third-order valence-electron chi connectivity index (χ3n) is 4.42. The van der Waals surface area contributed by atoms with Gasteiger partial charge in [0.25, 0.3) is 5.09 Å². The number of benzene rings is 2. The number of carbonyl (C=O) groups is 1. The summed E-state index contributed by atoms with van der Waals surface area (Å²) in [7, 11) is 1.60. The van der Waals surface area contributed by atoms with Crippen molar-refractivity contribution < 1.29 is 24.6 Å². The molecule has 0 bridgehead atoms. The Morgan fingerprint density at radius 1 is 1.20 bits per heavy atom. The van der Waals surface area contributed by atoms with E-state index < -0.39 is 16.5 Å². The molecule has 25 heavy (non-hydrogen) atoms. The number of ether oxygens (including phenoxy) is 1. The third kappa shape index (κ3) is 4.37. The van der Waals surface area contributed by atoms with Crippen molar-refractivity contribution in [3.63, 3.8) is 0 Å². The molecular weight excluding hydrogens is 326 g/mol. The molecule has 0 aliphatic heterocycles. The van der Waals surface area contributed by atoms with E-state index in [1.165, 1.54) is 0 Å². The number of aliphatic carboxylic acids is 1. The van der Waals surface area contributed by atoms with Gasteiger partial charge in [-0.05, 0) is 48.2 Å². The number of fused-ring (bicyclic) bond motifs is 1. The largest absolute Gasteiger partial charge is 0.497 e. The van der Waals surface area contributed by atoms with E-state index in [-0.39, 0.29) is 6.61 Å². The Morgan fingerprint density at radius 3 is 2.52 bits per heavy atom. The minimum Gasteiger partial charge on any atom is -0.497 e. The van der Waals surface area contributed by atoms with Crippen LogP contribution in [0.1, 0.15) is 31.7 Å². The first-order valence-corrected chi connectivity index (χ1v) is 7.96. The fraction of sp³-hybridized carbons (Fsp3) is 0.389. The third-order valence-corrected chi connectivity index (χ3v) is 4.42. The van der Waals surface area contributed by atoms with Crippen LogP contribution in [0.25, 0.3) is 10.8 Å². The molecule has 0 unspecified atom stereocenters. The summed E-state index contributed by atoms with van der Waals surface area (Å²) in [6.45, 7) is 1.65. The molecule has 1 N–H and O–H groups in total. The van der Waals surface area contributed by atoms with Crippen LogP contribution in [0.3, 0.4) is 0 Å². The van der Waals surface area contributed by atoms with Crippen molar-refractivity contribution in [2.45, 2.75) is 31.6 Å². The van der Waals surface area contributed by atoms with Gasteiger partial charge in [-0.2, -0.15) is 0 Å². The second kappa shape index (κ2) is 7.83. The first-order valence-electron chi connectivity index (χ1n) is 7.96. The molecule has 7 nitrogen and oxygen atoms in total. The SMILES string of the molecule is COc1ccc2cc([C@](C)(CCCCO[N+](=O)[O-])C(=O)O)ccc2c1. The highest BCUT2D eigenvalue weighted by molar-refractivity contribution is 5.88. The molecule has 2 rings (SSSR count). The summed E-state index contributed by atoms with van der Waals surface area (Å²) < 4.78 is 5.20. The van der Waals surface area contributed by atoms with Crippen LogP contribution < -0.4 is 4.74 Å². The standard InChI is InChI=1S/C18H21NO6/c1-18(17(20)21,9-3-4-10-25-19(22)23)15-7-5-14-12-16(24-2)8-6-13(14)11-15/h5-8,11-12H,3-4,9-10H2,1-2H3,(H,20,21)/t18-/m0/s1. The van der Waals surface area contributed by atoms with E-state index in [2.05, 4.69) is 4.84 Å². The van der Waals surface area contributed by atoms with Crippen LogP contribution in [-0.2, 0) is 15.0 Å². The molecule has 1 atom stereocenters. The topological polar surface area (TPSA) is 98.9 Å². The molecule has 0 saturated heterocycles.